The largest absolute Gasteiger partial charge is 0.356 e. The Hall–Kier alpha value is -1.35. The molecule has 0 aliphatic carbocycles. The van der Waals surface area contributed by atoms with E-state index in [1.807, 2.05) is 6.92 Å². The third kappa shape index (κ3) is 3.66. The van der Waals surface area contributed by atoms with Crippen LogP contribution in [0.4, 0.5) is 0 Å². The monoisotopic (exact) mass is 239 g/mol. The van der Waals surface area contributed by atoms with E-state index in [4.69, 9.17) is 11.6 Å². The fourth-order valence-corrected chi connectivity index (χ4v) is 1.50. The predicted molar refractivity (Wildman–Crippen MR) is 63.7 cm³/mol. The van der Waals surface area contributed by atoms with Crippen LogP contribution in [0.15, 0.2) is 24.3 Å². The first-order valence-corrected chi connectivity index (χ1v) is 5.57. The molecule has 1 N–H and O–H groups in total. The van der Waals surface area contributed by atoms with Gasteiger partial charge in [-0.05, 0) is 18.6 Å². The van der Waals surface area contributed by atoms with Crippen molar-refractivity contribution in [3.05, 3.63) is 34.9 Å². The molecule has 1 rings (SSSR count). The Morgan fingerprint density at radius 1 is 1.31 bits per heavy atom. The number of nitrogens with one attached hydrogen (secondary N) is 1. The summed E-state index contributed by atoms with van der Waals surface area (Å²) in [6, 6.07) is 6.73. The number of carbonyl (C=O) groups excluding carboxylic acids is 2. The summed E-state index contributed by atoms with van der Waals surface area (Å²) in [7, 11) is 0. The Balaban J connectivity index is 2.59. The molecule has 0 atom stereocenters. The quantitative estimate of drug-likeness (QED) is 0.634. The van der Waals surface area contributed by atoms with Gasteiger partial charge in [-0.2, -0.15) is 0 Å². The highest BCUT2D eigenvalue weighted by Gasteiger charge is 2.13. The summed E-state index contributed by atoms with van der Waals surface area (Å²) in [6.07, 6.45) is 0.704. The van der Waals surface area contributed by atoms with E-state index in [-0.39, 0.29) is 18.1 Å². The summed E-state index contributed by atoms with van der Waals surface area (Å²) in [6.45, 7) is 2.55. The number of hydrogen-bond acceptors (Lipinski definition) is 2. The molecule has 0 saturated carbocycles. The summed E-state index contributed by atoms with van der Waals surface area (Å²) in [4.78, 5) is 23.0. The molecule has 0 unspecified atom stereocenters. The zero-order valence-corrected chi connectivity index (χ0v) is 9.88. The van der Waals surface area contributed by atoms with Gasteiger partial charge in [0.2, 0.25) is 5.91 Å². The van der Waals surface area contributed by atoms with Crippen LogP contribution in [0.2, 0.25) is 5.02 Å². The van der Waals surface area contributed by atoms with E-state index in [0.717, 1.165) is 6.42 Å². The third-order valence-electron chi connectivity index (χ3n) is 2.07. The van der Waals surface area contributed by atoms with Crippen molar-refractivity contribution in [1.29, 1.82) is 0 Å². The van der Waals surface area contributed by atoms with Crippen LogP contribution in [-0.2, 0) is 4.79 Å². The average molecular weight is 240 g/mol. The molecule has 1 amide bonds. The number of carbonyl (C=O) groups is 2. The van der Waals surface area contributed by atoms with Crippen LogP contribution in [0, 0.1) is 0 Å². The van der Waals surface area contributed by atoms with Crippen LogP contribution in [-0.4, -0.2) is 18.2 Å². The van der Waals surface area contributed by atoms with Gasteiger partial charge < -0.3 is 5.32 Å². The molecule has 0 saturated heterocycles. The Bertz CT molecular complexity index is 390. The maximum Gasteiger partial charge on any atom is 0.227 e. The minimum atomic E-state index is -0.258. The predicted octanol–water partition coefficient (Wildman–Crippen LogP) is 2.44. The molecule has 1 aromatic rings. The SMILES string of the molecule is CCCNC(=O)CC(=O)c1ccccc1Cl. The average Bonchev–Trinajstić information content (AvgIpc) is 2.26. The highest BCUT2D eigenvalue weighted by atomic mass is 35.5. The molecule has 0 bridgehead atoms. The molecule has 0 aliphatic rings. The molecule has 0 spiro atoms. The lowest BCUT2D eigenvalue weighted by molar-refractivity contribution is -0.120. The van der Waals surface area contributed by atoms with E-state index in [1.165, 1.54) is 0 Å². The molecule has 0 aliphatic heterocycles. The number of halogens is 1. The second kappa shape index (κ2) is 6.28. The number of rotatable bonds is 5. The highest BCUT2D eigenvalue weighted by Crippen LogP contribution is 2.16. The molecular formula is C12H14ClNO2. The molecule has 0 radical (unpaired) electrons. The minimum Gasteiger partial charge on any atom is -0.356 e. The first-order valence-electron chi connectivity index (χ1n) is 5.19. The third-order valence-corrected chi connectivity index (χ3v) is 2.40. The molecule has 16 heavy (non-hydrogen) atoms. The van der Waals surface area contributed by atoms with Crippen molar-refractivity contribution < 1.29 is 9.59 Å². The van der Waals surface area contributed by atoms with Gasteiger partial charge in [-0.1, -0.05) is 30.7 Å². The highest BCUT2D eigenvalue weighted by molar-refractivity contribution is 6.34. The van der Waals surface area contributed by atoms with E-state index in [0.29, 0.717) is 17.1 Å². The number of ketones is 1. The number of hydrogen-bond donors (Lipinski definition) is 1. The van der Waals surface area contributed by atoms with Crippen molar-refractivity contribution in [3.8, 4) is 0 Å². The zero-order valence-electron chi connectivity index (χ0n) is 9.13. The molecular weight excluding hydrogens is 226 g/mol. The van der Waals surface area contributed by atoms with Crippen molar-refractivity contribution in [3.63, 3.8) is 0 Å². The van der Waals surface area contributed by atoms with Gasteiger partial charge in [0.25, 0.3) is 0 Å². The van der Waals surface area contributed by atoms with Crippen molar-refractivity contribution in [2.24, 2.45) is 0 Å². The number of benzene rings is 1. The molecule has 1 aromatic carbocycles. The first-order chi connectivity index (χ1) is 7.65. The fourth-order valence-electron chi connectivity index (χ4n) is 1.26. The van der Waals surface area contributed by atoms with Gasteiger partial charge in [-0.15, -0.1) is 0 Å². The summed E-state index contributed by atoms with van der Waals surface area (Å²) < 4.78 is 0. The second-order valence-electron chi connectivity index (χ2n) is 3.43. The molecule has 0 fully saturated rings. The minimum absolute atomic E-state index is 0.149. The van der Waals surface area contributed by atoms with Crippen molar-refractivity contribution in [1.82, 2.24) is 5.32 Å². The Morgan fingerprint density at radius 2 is 2.00 bits per heavy atom. The van der Waals surface area contributed by atoms with Gasteiger partial charge in [0, 0.05) is 12.1 Å². The maximum absolute atomic E-state index is 11.7. The van der Waals surface area contributed by atoms with Gasteiger partial charge in [-0.25, -0.2) is 0 Å². The lowest BCUT2D eigenvalue weighted by Gasteiger charge is -2.04. The molecule has 86 valence electrons. The van der Waals surface area contributed by atoms with Gasteiger partial charge in [0.1, 0.15) is 0 Å². The molecule has 3 nitrogen and oxygen atoms in total. The normalized spacial score (nSPS) is 9.88. The van der Waals surface area contributed by atoms with Crippen molar-refractivity contribution in [2.75, 3.05) is 6.54 Å². The summed E-state index contributed by atoms with van der Waals surface area (Å²) in [5.74, 6) is -0.508. The summed E-state index contributed by atoms with van der Waals surface area (Å²) in [5, 5.41) is 3.03. The Morgan fingerprint density at radius 3 is 2.62 bits per heavy atom. The van der Waals surface area contributed by atoms with Crippen LogP contribution in [0.25, 0.3) is 0 Å². The van der Waals surface area contributed by atoms with Crippen molar-refractivity contribution in [2.45, 2.75) is 19.8 Å². The van der Waals surface area contributed by atoms with Crippen LogP contribution >= 0.6 is 11.6 Å². The smallest absolute Gasteiger partial charge is 0.227 e. The molecule has 0 heterocycles. The van der Waals surface area contributed by atoms with Gasteiger partial charge in [0.15, 0.2) is 5.78 Å². The first kappa shape index (κ1) is 12.7. The van der Waals surface area contributed by atoms with Gasteiger partial charge in [-0.3, -0.25) is 9.59 Å². The Kier molecular flexibility index (Phi) is 4.99. The van der Waals surface area contributed by atoms with E-state index in [1.54, 1.807) is 24.3 Å². The standard InChI is InChI=1S/C12H14ClNO2/c1-2-7-14-12(16)8-11(15)9-5-3-4-6-10(9)13/h3-6H,2,7-8H2,1H3,(H,14,16). The summed E-state index contributed by atoms with van der Waals surface area (Å²) in [5.41, 5.74) is 0.399. The molecule has 4 heteroatoms. The fraction of sp³-hybridized carbons (Fsp3) is 0.333. The molecule has 0 aromatic heterocycles. The Labute approximate surface area is 99.8 Å². The van der Waals surface area contributed by atoms with Crippen LogP contribution in [0.3, 0.4) is 0 Å². The van der Waals surface area contributed by atoms with E-state index < -0.39 is 0 Å². The number of amides is 1. The van der Waals surface area contributed by atoms with Crippen LogP contribution < -0.4 is 5.32 Å². The zero-order chi connectivity index (χ0) is 12.0. The van der Waals surface area contributed by atoms with E-state index in [9.17, 15) is 9.59 Å². The second-order valence-corrected chi connectivity index (χ2v) is 3.84. The van der Waals surface area contributed by atoms with E-state index >= 15 is 0 Å². The van der Waals surface area contributed by atoms with Gasteiger partial charge >= 0.3 is 0 Å². The topological polar surface area (TPSA) is 46.2 Å². The summed E-state index contributed by atoms with van der Waals surface area (Å²) >= 11 is 5.85. The van der Waals surface area contributed by atoms with Crippen molar-refractivity contribution >= 4 is 23.3 Å². The van der Waals surface area contributed by atoms with Gasteiger partial charge in [0.05, 0.1) is 11.4 Å². The number of Topliss-reactive ketones (excluding diaryl/α,β-unsaturated/α-hetero) is 1. The maximum atomic E-state index is 11.7. The van der Waals surface area contributed by atoms with Crippen LogP contribution in [0.1, 0.15) is 30.1 Å². The lowest BCUT2D eigenvalue weighted by Crippen LogP contribution is -2.26. The van der Waals surface area contributed by atoms with Crippen LogP contribution in [0.5, 0.6) is 0 Å². The lowest BCUT2D eigenvalue weighted by atomic mass is 10.1. The van der Waals surface area contributed by atoms with E-state index in [2.05, 4.69) is 5.32 Å².